The van der Waals surface area contributed by atoms with E-state index in [2.05, 4.69) is 0 Å². The molecule has 0 atom stereocenters. The number of primary amides is 1. The summed E-state index contributed by atoms with van der Waals surface area (Å²) in [4.78, 5) is 19.0. The predicted octanol–water partition coefficient (Wildman–Crippen LogP) is 1.33. The second kappa shape index (κ2) is 7.37. The zero-order valence-electron chi connectivity index (χ0n) is 8.09. The summed E-state index contributed by atoms with van der Waals surface area (Å²) in [5.74, 6) is -0.242. The normalized spacial score (nSPS) is 8.53. The van der Waals surface area contributed by atoms with E-state index in [0.717, 1.165) is 12.0 Å². The summed E-state index contributed by atoms with van der Waals surface area (Å²) in [6, 6.07) is 9.84. The van der Waals surface area contributed by atoms with Gasteiger partial charge in [-0.1, -0.05) is 30.3 Å². The summed E-state index contributed by atoms with van der Waals surface area (Å²) in [7, 11) is 0. The number of amides is 1. The molecule has 0 spiro atoms. The molecule has 0 bridgehead atoms. The Hall–Kier alpha value is -2.04. The van der Waals surface area contributed by atoms with Gasteiger partial charge in [0.1, 0.15) is 0 Å². The first-order chi connectivity index (χ1) is 7.02. The van der Waals surface area contributed by atoms with Crippen LogP contribution in [0.4, 0.5) is 4.79 Å². The van der Waals surface area contributed by atoms with Crippen LogP contribution in [0, 0.1) is 0 Å². The molecule has 1 rings (SSSR count). The molecule has 0 aliphatic heterocycles. The fourth-order valence-electron chi connectivity index (χ4n) is 0.912. The molecule has 4 N–H and O–H groups in total. The molecule has 5 heteroatoms. The highest BCUT2D eigenvalue weighted by Crippen LogP contribution is 2.00. The van der Waals surface area contributed by atoms with Crippen molar-refractivity contribution in [3.8, 4) is 0 Å². The summed E-state index contributed by atoms with van der Waals surface area (Å²) in [5, 5.41) is 13.9. The lowest BCUT2D eigenvalue weighted by atomic mass is 10.1. The molecule has 0 aromatic heterocycles. The number of carboxylic acid groups (broad SMARTS) is 2. The Morgan fingerprint density at radius 3 is 2.00 bits per heavy atom. The monoisotopic (exact) mass is 211 g/mol. The summed E-state index contributed by atoms with van der Waals surface area (Å²) in [6.45, 7) is 0. The Morgan fingerprint density at radius 1 is 1.13 bits per heavy atom. The maximum Gasteiger partial charge on any atom is 0.503 e. The smallest absolute Gasteiger partial charge is 0.450 e. The fourth-order valence-corrected chi connectivity index (χ4v) is 0.912. The van der Waals surface area contributed by atoms with E-state index in [9.17, 15) is 4.79 Å². The number of rotatable bonds is 3. The first kappa shape index (κ1) is 13.0. The van der Waals surface area contributed by atoms with Gasteiger partial charge in [-0.3, -0.25) is 4.79 Å². The van der Waals surface area contributed by atoms with Gasteiger partial charge < -0.3 is 15.9 Å². The van der Waals surface area contributed by atoms with Gasteiger partial charge in [0.25, 0.3) is 0 Å². The van der Waals surface area contributed by atoms with Crippen LogP contribution in [0.1, 0.15) is 12.0 Å². The molecular formula is C10H13NO4. The summed E-state index contributed by atoms with van der Waals surface area (Å²) in [5.41, 5.74) is 6.16. The summed E-state index contributed by atoms with van der Waals surface area (Å²) in [6.07, 6.45) is -0.653. The van der Waals surface area contributed by atoms with Gasteiger partial charge >= 0.3 is 6.16 Å². The molecule has 0 radical (unpaired) electrons. The topological polar surface area (TPSA) is 101 Å². The van der Waals surface area contributed by atoms with Crippen molar-refractivity contribution in [2.24, 2.45) is 5.73 Å². The van der Waals surface area contributed by atoms with Crippen LogP contribution < -0.4 is 5.73 Å². The van der Waals surface area contributed by atoms with E-state index in [0.29, 0.717) is 6.42 Å². The van der Waals surface area contributed by atoms with Gasteiger partial charge in [0.15, 0.2) is 0 Å². The minimum atomic E-state index is -1.83. The Morgan fingerprint density at radius 2 is 1.60 bits per heavy atom. The second-order valence-corrected chi connectivity index (χ2v) is 2.73. The SMILES string of the molecule is NC(=O)CCc1ccccc1.O=C(O)O. The molecule has 15 heavy (non-hydrogen) atoms. The Labute approximate surface area is 87.1 Å². The van der Waals surface area contributed by atoms with Gasteiger partial charge in [0.05, 0.1) is 0 Å². The van der Waals surface area contributed by atoms with Gasteiger partial charge in [-0.15, -0.1) is 0 Å². The fraction of sp³-hybridized carbons (Fsp3) is 0.200. The third kappa shape index (κ3) is 9.88. The molecular weight excluding hydrogens is 198 g/mol. The van der Waals surface area contributed by atoms with Crippen LogP contribution in [-0.2, 0) is 11.2 Å². The first-order valence-electron chi connectivity index (χ1n) is 4.26. The lowest BCUT2D eigenvalue weighted by molar-refractivity contribution is -0.117. The van der Waals surface area contributed by atoms with Crippen molar-refractivity contribution < 1.29 is 19.8 Å². The van der Waals surface area contributed by atoms with Crippen molar-refractivity contribution in [1.82, 2.24) is 0 Å². The van der Waals surface area contributed by atoms with Crippen molar-refractivity contribution in [3.63, 3.8) is 0 Å². The van der Waals surface area contributed by atoms with Crippen molar-refractivity contribution >= 4 is 12.1 Å². The van der Waals surface area contributed by atoms with E-state index in [1.807, 2.05) is 30.3 Å². The lowest BCUT2D eigenvalue weighted by Gasteiger charge is -1.96. The standard InChI is InChI=1S/C9H11NO.CH2O3/c10-9(11)7-6-8-4-2-1-3-5-8;2-1(3)4/h1-5H,6-7H2,(H2,10,11);(H2,2,3,4). The molecule has 0 saturated heterocycles. The van der Waals surface area contributed by atoms with E-state index >= 15 is 0 Å². The maximum absolute atomic E-state index is 10.4. The molecule has 1 amide bonds. The van der Waals surface area contributed by atoms with Crippen LogP contribution in [-0.4, -0.2) is 22.3 Å². The number of hydrogen-bond donors (Lipinski definition) is 3. The number of benzene rings is 1. The summed E-state index contributed by atoms with van der Waals surface area (Å²) < 4.78 is 0. The van der Waals surface area contributed by atoms with Crippen molar-refractivity contribution in [1.29, 1.82) is 0 Å². The van der Waals surface area contributed by atoms with Crippen LogP contribution in [0.15, 0.2) is 30.3 Å². The molecule has 0 saturated carbocycles. The third-order valence-corrected chi connectivity index (χ3v) is 1.50. The number of carbonyl (C=O) groups is 2. The minimum Gasteiger partial charge on any atom is -0.450 e. The molecule has 0 unspecified atom stereocenters. The minimum absolute atomic E-state index is 0.242. The highest BCUT2D eigenvalue weighted by Gasteiger charge is 1.94. The average Bonchev–Trinajstić information content (AvgIpc) is 2.15. The number of nitrogens with two attached hydrogens (primary N) is 1. The second-order valence-electron chi connectivity index (χ2n) is 2.73. The van der Waals surface area contributed by atoms with E-state index < -0.39 is 6.16 Å². The van der Waals surface area contributed by atoms with Gasteiger partial charge in [-0.2, -0.15) is 0 Å². The van der Waals surface area contributed by atoms with Crippen LogP contribution in [0.2, 0.25) is 0 Å². The first-order valence-corrected chi connectivity index (χ1v) is 4.26. The van der Waals surface area contributed by atoms with Crippen molar-refractivity contribution in [2.45, 2.75) is 12.8 Å². The average molecular weight is 211 g/mol. The molecule has 82 valence electrons. The van der Waals surface area contributed by atoms with Crippen molar-refractivity contribution in [2.75, 3.05) is 0 Å². The molecule has 5 nitrogen and oxygen atoms in total. The third-order valence-electron chi connectivity index (χ3n) is 1.50. The predicted molar refractivity (Wildman–Crippen MR) is 54.6 cm³/mol. The molecule has 1 aromatic rings. The van der Waals surface area contributed by atoms with Gasteiger partial charge in [-0.25, -0.2) is 4.79 Å². The van der Waals surface area contributed by atoms with E-state index in [1.54, 1.807) is 0 Å². The highest BCUT2D eigenvalue weighted by molar-refractivity contribution is 5.73. The van der Waals surface area contributed by atoms with Crippen LogP contribution in [0.3, 0.4) is 0 Å². The number of hydrogen-bond acceptors (Lipinski definition) is 2. The van der Waals surface area contributed by atoms with E-state index in [1.165, 1.54) is 0 Å². The zero-order chi connectivity index (χ0) is 11.7. The van der Waals surface area contributed by atoms with Gasteiger partial charge in [0, 0.05) is 6.42 Å². The van der Waals surface area contributed by atoms with Crippen molar-refractivity contribution in [3.05, 3.63) is 35.9 Å². The molecule has 0 heterocycles. The quantitative estimate of drug-likeness (QED) is 0.701. The zero-order valence-corrected chi connectivity index (χ0v) is 8.09. The lowest BCUT2D eigenvalue weighted by Crippen LogP contribution is -2.10. The number of aryl methyl sites for hydroxylation is 1. The Kier molecular flexibility index (Phi) is 6.37. The molecule has 0 aliphatic carbocycles. The van der Waals surface area contributed by atoms with Crippen LogP contribution >= 0.6 is 0 Å². The van der Waals surface area contributed by atoms with E-state index in [-0.39, 0.29) is 5.91 Å². The molecule has 0 aliphatic rings. The van der Waals surface area contributed by atoms with Gasteiger partial charge in [-0.05, 0) is 12.0 Å². The van der Waals surface area contributed by atoms with Crippen LogP contribution in [0.25, 0.3) is 0 Å². The van der Waals surface area contributed by atoms with Crippen LogP contribution in [0.5, 0.6) is 0 Å². The maximum atomic E-state index is 10.4. The largest absolute Gasteiger partial charge is 0.503 e. The Bertz CT molecular complexity index is 306. The molecule has 0 fully saturated rings. The van der Waals surface area contributed by atoms with Gasteiger partial charge in [0.2, 0.25) is 5.91 Å². The Balaban J connectivity index is 0.000000423. The number of carbonyl (C=O) groups excluding carboxylic acids is 1. The highest BCUT2D eigenvalue weighted by atomic mass is 16.6. The summed E-state index contributed by atoms with van der Waals surface area (Å²) >= 11 is 0. The van der Waals surface area contributed by atoms with E-state index in [4.69, 9.17) is 20.7 Å². The molecule has 1 aromatic carbocycles.